The molecule has 0 bridgehead atoms. The Balaban J connectivity index is 1.45. The van der Waals surface area contributed by atoms with Crippen molar-refractivity contribution in [3.8, 4) is 0 Å². The van der Waals surface area contributed by atoms with Crippen LogP contribution in [0.5, 0.6) is 0 Å². The number of non-ortho nitro benzene ring substituents is 1. The first-order chi connectivity index (χ1) is 12.2. The lowest BCUT2D eigenvalue weighted by molar-refractivity contribution is -0.384. The largest absolute Gasteiger partial charge is 0.293 e. The van der Waals surface area contributed by atoms with Crippen LogP contribution in [-0.4, -0.2) is 22.4 Å². The van der Waals surface area contributed by atoms with Crippen LogP contribution >= 0.6 is 11.8 Å². The maximum absolute atomic E-state index is 10.7. The first-order valence-corrected chi connectivity index (χ1v) is 9.80. The van der Waals surface area contributed by atoms with Gasteiger partial charge < -0.3 is 0 Å². The number of nitrogens with zero attached hydrogens (tertiary/aromatic N) is 2. The minimum atomic E-state index is -0.362. The van der Waals surface area contributed by atoms with Gasteiger partial charge in [-0.25, -0.2) is 0 Å². The Morgan fingerprint density at radius 3 is 2.24 bits per heavy atom. The lowest BCUT2D eigenvalue weighted by atomic mass is 9.92. The summed E-state index contributed by atoms with van der Waals surface area (Å²) in [4.78, 5) is 15.3. The Labute approximate surface area is 152 Å². The zero-order valence-corrected chi connectivity index (χ0v) is 15.0. The first-order valence-electron chi connectivity index (χ1n) is 8.99. The maximum atomic E-state index is 10.7. The second kappa shape index (κ2) is 7.18. The third-order valence-electron chi connectivity index (χ3n) is 5.39. The van der Waals surface area contributed by atoms with E-state index in [1.165, 1.54) is 49.1 Å². The number of benzene rings is 2. The van der Waals surface area contributed by atoms with Crippen LogP contribution in [0.3, 0.4) is 0 Å². The molecule has 2 aliphatic heterocycles. The number of piperidine rings is 1. The molecule has 0 spiro atoms. The van der Waals surface area contributed by atoms with E-state index >= 15 is 0 Å². The highest BCUT2D eigenvalue weighted by Crippen LogP contribution is 2.40. The Bertz CT molecular complexity index is 745. The third-order valence-corrected chi connectivity index (χ3v) is 6.40. The van der Waals surface area contributed by atoms with E-state index in [2.05, 4.69) is 29.2 Å². The molecule has 1 unspecified atom stereocenters. The van der Waals surface area contributed by atoms with Crippen LogP contribution in [0.25, 0.3) is 0 Å². The standard InChI is InChI=1S/C20H22N2O2S/c23-22(24)17-8-12-19(13-9-17)25-18-10-6-15(7-11-18)20-5-1-3-16-4-2-14-21(16)20/h6-13,16,20H,1-5,14H2/t16?,20-/m0/s1. The van der Waals surface area contributed by atoms with Crippen molar-refractivity contribution >= 4 is 17.4 Å². The van der Waals surface area contributed by atoms with Crippen molar-refractivity contribution in [2.24, 2.45) is 0 Å². The summed E-state index contributed by atoms with van der Waals surface area (Å²) in [5, 5.41) is 10.7. The van der Waals surface area contributed by atoms with Crippen LogP contribution in [0.15, 0.2) is 58.3 Å². The van der Waals surface area contributed by atoms with Gasteiger partial charge in [0.15, 0.2) is 0 Å². The second-order valence-corrected chi connectivity index (χ2v) is 8.05. The highest BCUT2D eigenvalue weighted by atomic mass is 32.2. The van der Waals surface area contributed by atoms with Crippen LogP contribution in [0, 0.1) is 10.1 Å². The summed E-state index contributed by atoms with van der Waals surface area (Å²) in [6.45, 7) is 1.24. The fourth-order valence-corrected chi connectivity index (χ4v) is 5.00. The molecule has 0 aromatic heterocycles. The van der Waals surface area contributed by atoms with Crippen LogP contribution in [0.4, 0.5) is 5.69 Å². The molecule has 0 N–H and O–H groups in total. The zero-order chi connectivity index (χ0) is 17.2. The van der Waals surface area contributed by atoms with Gasteiger partial charge in [0, 0.05) is 34.0 Å². The van der Waals surface area contributed by atoms with Crippen molar-refractivity contribution in [2.45, 2.75) is 54.0 Å². The molecular formula is C20H22N2O2S. The van der Waals surface area contributed by atoms with Gasteiger partial charge in [0.2, 0.25) is 0 Å². The van der Waals surface area contributed by atoms with Gasteiger partial charge in [-0.15, -0.1) is 0 Å². The molecule has 25 heavy (non-hydrogen) atoms. The van der Waals surface area contributed by atoms with Crippen LogP contribution in [0.2, 0.25) is 0 Å². The molecule has 2 heterocycles. The molecule has 4 nitrogen and oxygen atoms in total. The molecule has 2 saturated heterocycles. The van der Waals surface area contributed by atoms with Gasteiger partial charge in [-0.1, -0.05) is 23.9 Å². The van der Waals surface area contributed by atoms with Gasteiger partial charge in [0.25, 0.3) is 5.69 Å². The van der Waals surface area contributed by atoms with E-state index in [-0.39, 0.29) is 10.6 Å². The highest BCUT2D eigenvalue weighted by Gasteiger charge is 2.34. The first kappa shape index (κ1) is 16.6. The molecule has 5 heteroatoms. The summed E-state index contributed by atoms with van der Waals surface area (Å²) in [6.07, 6.45) is 6.68. The van der Waals surface area contributed by atoms with Crippen molar-refractivity contribution in [3.63, 3.8) is 0 Å². The van der Waals surface area contributed by atoms with Gasteiger partial charge in [-0.05, 0) is 68.5 Å². The fraction of sp³-hybridized carbons (Fsp3) is 0.400. The number of nitro groups is 1. The molecule has 2 aliphatic rings. The molecule has 2 fully saturated rings. The average Bonchev–Trinajstić information content (AvgIpc) is 3.12. The van der Waals surface area contributed by atoms with Gasteiger partial charge in [-0.2, -0.15) is 0 Å². The third kappa shape index (κ3) is 3.58. The van der Waals surface area contributed by atoms with E-state index in [1.807, 2.05) is 12.1 Å². The summed E-state index contributed by atoms with van der Waals surface area (Å²) in [7, 11) is 0. The Morgan fingerprint density at radius 2 is 1.56 bits per heavy atom. The van der Waals surface area contributed by atoms with Gasteiger partial charge in [-0.3, -0.25) is 15.0 Å². The Hall–Kier alpha value is -1.85. The summed E-state index contributed by atoms with van der Waals surface area (Å²) >= 11 is 1.65. The molecule has 2 atom stereocenters. The van der Waals surface area contributed by atoms with Crippen molar-refractivity contribution in [1.82, 2.24) is 4.90 Å². The Morgan fingerprint density at radius 1 is 0.920 bits per heavy atom. The number of fused-ring (bicyclic) bond motifs is 1. The lowest BCUT2D eigenvalue weighted by Gasteiger charge is -2.38. The number of rotatable bonds is 4. The number of hydrogen-bond donors (Lipinski definition) is 0. The van der Waals surface area contributed by atoms with Crippen LogP contribution in [0.1, 0.15) is 43.7 Å². The molecule has 0 aliphatic carbocycles. The number of nitro benzene ring substituents is 1. The second-order valence-electron chi connectivity index (χ2n) is 6.90. The maximum Gasteiger partial charge on any atom is 0.269 e. The van der Waals surface area contributed by atoms with E-state index in [0.717, 1.165) is 10.9 Å². The molecule has 4 rings (SSSR count). The van der Waals surface area contributed by atoms with E-state index in [9.17, 15) is 10.1 Å². The fourth-order valence-electron chi connectivity index (χ4n) is 4.18. The molecule has 0 amide bonds. The molecule has 2 aromatic carbocycles. The summed E-state index contributed by atoms with van der Waals surface area (Å²) in [5.74, 6) is 0. The predicted molar refractivity (Wildman–Crippen MR) is 100.0 cm³/mol. The van der Waals surface area contributed by atoms with Gasteiger partial charge in [0.05, 0.1) is 4.92 Å². The van der Waals surface area contributed by atoms with Gasteiger partial charge in [0.1, 0.15) is 0 Å². The van der Waals surface area contributed by atoms with Gasteiger partial charge >= 0.3 is 0 Å². The summed E-state index contributed by atoms with van der Waals surface area (Å²) in [6, 6.07) is 17.0. The average molecular weight is 354 g/mol. The topological polar surface area (TPSA) is 46.4 Å². The summed E-state index contributed by atoms with van der Waals surface area (Å²) in [5.41, 5.74) is 1.57. The SMILES string of the molecule is O=[N+]([O-])c1ccc(Sc2ccc([C@@H]3CCCC4CCCN43)cc2)cc1. The molecule has 0 radical (unpaired) electrons. The number of hydrogen-bond acceptors (Lipinski definition) is 4. The van der Waals surface area contributed by atoms with Crippen molar-refractivity contribution in [2.75, 3.05) is 6.54 Å². The lowest BCUT2D eigenvalue weighted by Crippen LogP contribution is -2.37. The van der Waals surface area contributed by atoms with Crippen LogP contribution in [-0.2, 0) is 0 Å². The monoisotopic (exact) mass is 354 g/mol. The zero-order valence-electron chi connectivity index (χ0n) is 14.1. The predicted octanol–water partition coefficient (Wildman–Crippen LogP) is 5.44. The highest BCUT2D eigenvalue weighted by molar-refractivity contribution is 7.99. The van der Waals surface area contributed by atoms with E-state index in [0.29, 0.717) is 6.04 Å². The normalized spacial score (nSPS) is 23.4. The minimum absolute atomic E-state index is 0.136. The van der Waals surface area contributed by atoms with Crippen molar-refractivity contribution < 1.29 is 4.92 Å². The quantitative estimate of drug-likeness (QED) is 0.542. The minimum Gasteiger partial charge on any atom is -0.293 e. The van der Waals surface area contributed by atoms with E-state index < -0.39 is 0 Å². The van der Waals surface area contributed by atoms with Crippen molar-refractivity contribution in [1.29, 1.82) is 0 Å². The summed E-state index contributed by atoms with van der Waals surface area (Å²) < 4.78 is 0. The van der Waals surface area contributed by atoms with E-state index in [4.69, 9.17) is 0 Å². The molecule has 0 saturated carbocycles. The molecular weight excluding hydrogens is 332 g/mol. The van der Waals surface area contributed by atoms with E-state index in [1.54, 1.807) is 23.9 Å². The molecule has 130 valence electrons. The van der Waals surface area contributed by atoms with Crippen LogP contribution < -0.4 is 0 Å². The Kier molecular flexibility index (Phi) is 4.77. The molecule has 2 aromatic rings. The van der Waals surface area contributed by atoms with Crippen molar-refractivity contribution in [3.05, 3.63) is 64.2 Å². The smallest absolute Gasteiger partial charge is 0.269 e.